The average Bonchev–Trinajstić information content (AvgIpc) is 2.72. The second kappa shape index (κ2) is 7.96. The summed E-state index contributed by atoms with van der Waals surface area (Å²) >= 11 is 0. The van der Waals surface area contributed by atoms with Crippen molar-refractivity contribution in [1.82, 2.24) is 4.98 Å². The number of sulfone groups is 1. The first-order valence-corrected chi connectivity index (χ1v) is 11.7. The minimum absolute atomic E-state index is 0.0799. The number of hydrogen-bond acceptors (Lipinski definition) is 4. The van der Waals surface area contributed by atoms with E-state index >= 15 is 0 Å². The molecule has 0 aliphatic carbocycles. The molecule has 1 heterocycles. The Morgan fingerprint density at radius 3 is 2.35 bits per heavy atom. The van der Waals surface area contributed by atoms with Crippen molar-refractivity contribution in [2.24, 2.45) is 0 Å². The van der Waals surface area contributed by atoms with Crippen LogP contribution in [0, 0.1) is 13.8 Å². The van der Waals surface area contributed by atoms with Gasteiger partial charge in [0.2, 0.25) is 0 Å². The highest BCUT2D eigenvalue weighted by Gasteiger charge is 2.18. The lowest BCUT2D eigenvalue weighted by Crippen LogP contribution is -2.15. The van der Waals surface area contributed by atoms with Crippen molar-refractivity contribution in [1.29, 1.82) is 0 Å². The molecule has 31 heavy (non-hydrogen) atoms. The molecule has 0 aliphatic heterocycles. The molecule has 0 radical (unpaired) electrons. The summed E-state index contributed by atoms with van der Waals surface area (Å²) in [6.45, 7) is 4.05. The second-order valence-electron chi connectivity index (χ2n) is 7.61. The van der Waals surface area contributed by atoms with Gasteiger partial charge in [0.25, 0.3) is 5.91 Å². The summed E-state index contributed by atoms with van der Waals surface area (Å²) in [6.07, 6.45) is 1.12. The van der Waals surface area contributed by atoms with Gasteiger partial charge in [0.05, 0.1) is 27.4 Å². The third-order valence-corrected chi connectivity index (χ3v) is 6.31. The fourth-order valence-electron chi connectivity index (χ4n) is 3.69. The summed E-state index contributed by atoms with van der Waals surface area (Å²) in [4.78, 5) is 18.1. The lowest BCUT2D eigenvalue weighted by atomic mass is 9.99. The number of fused-ring (bicyclic) bond motifs is 1. The minimum atomic E-state index is -3.49. The van der Waals surface area contributed by atoms with Crippen LogP contribution in [0.4, 0.5) is 5.69 Å². The van der Waals surface area contributed by atoms with Crippen LogP contribution in [0.25, 0.3) is 22.2 Å². The van der Waals surface area contributed by atoms with Crippen molar-refractivity contribution >= 4 is 32.3 Å². The molecule has 0 bridgehead atoms. The average molecular weight is 431 g/mol. The zero-order valence-electron chi connectivity index (χ0n) is 17.5. The first-order chi connectivity index (χ1) is 14.7. The van der Waals surface area contributed by atoms with Crippen LogP contribution < -0.4 is 5.32 Å². The number of para-hydroxylation sites is 2. The second-order valence-corrected chi connectivity index (χ2v) is 9.60. The van der Waals surface area contributed by atoms with Crippen LogP contribution in [0.3, 0.4) is 0 Å². The summed E-state index contributed by atoms with van der Waals surface area (Å²) in [5, 5.41) is 3.48. The Morgan fingerprint density at radius 2 is 1.61 bits per heavy atom. The summed E-state index contributed by atoms with van der Waals surface area (Å²) in [6, 6.07) is 21.7. The highest BCUT2D eigenvalue weighted by Crippen LogP contribution is 2.29. The maximum atomic E-state index is 13.3. The number of carbonyl (C=O) groups excluding carboxylic acids is 1. The molecule has 156 valence electrons. The summed E-state index contributed by atoms with van der Waals surface area (Å²) in [5.41, 5.74) is 5.24. The number of aromatic nitrogens is 1. The number of benzene rings is 3. The van der Waals surface area contributed by atoms with Crippen LogP contribution in [0.1, 0.15) is 21.5 Å². The van der Waals surface area contributed by atoms with E-state index in [1.54, 1.807) is 24.3 Å². The third-order valence-electron chi connectivity index (χ3n) is 5.15. The first kappa shape index (κ1) is 20.8. The van der Waals surface area contributed by atoms with Crippen molar-refractivity contribution in [2.45, 2.75) is 18.7 Å². The molecule has 0 saturated heterocycles. The zero-order chi connectivity index (χ0) is 22.2. The molecule has 1 aromatic heterocycles. The van der Waals surface area contributed by atoms with Crippen LogP contribution in [-0.2, 0) is 9.84 Å². The SMILES string of the molecule is Cc1ccc(-c2cc(C(=O)Nc3ccccc3S(C)(=O)=O)c3ccccc3n2)c(C)c1. The third kappa shape index (κ3) is 4.20. The minimum Gasteiger partial charge on any atom is -0.321 e. The van der Waals surface area contributed by atoms with Crippen LogP contribution in [0.15, 0.2) is 77.7 Å². The molecular weight excluding hydrogens is 408 g/mol. The molecule has 0 fully saturated rings. The van der Waals surface area contributed by atoms with Gasteiger partial charge in [0.15, 0.2) is 9.84 Å². The van der Waals surface area contributed by atoms with Gasteiger partial charge in [-0.2, -0.15) is 0 Å². The van der Waals surface area contributed by atoms with E-state index in [1.165, 1.54) is 6.07 Å². The number of anilines is 1. The number of nitrogens with one attached hydrogen (secondary N) is 1. The molecule has 0 atom stereocenters. The first-order valence-electron chi connectivity index (χ1n) is 9.82. The van der Waals surface area contributed by atoms with E-state index in [1.807, 2.05) is 50.2 Å². The normalized spacial score (nSPS) is 11.5. The molecule has 0 unspecified atom stereocenters. The number of carbonyl (C=O) groups is 1. The molecular formula is C25H22N2O3S. The predicted octanol–water partition coefficient (Wildman–Crippen LogP) is 5.17. The lowest BCUT2D eigenvalue weighted by molar-refractivity contribution is 0.102. The Kier molecular flexibility index (Phi) is 5.33. The molecule has 0 spiro atoms. The zero-order valence-corrected chi connectivity index (χ0v) is 18.3. The van der Waals surface area contributed by atoms with E-state index in [0.29, 0.717) is 22.2 Å². The smallest absolute Gasteiger partial charge is 0.256 e. The fraction of sp³-hybridized carbons (Fsp3) is 0.120. The molecule has 0 saturated carbocycles. The number of nitrogens with zero attached hydrogens (tertiary/aromatic N) is 1. The molecule has 3 aromatic carbocycles. The van der Waals surface area contributed by atoms with Crippen molar-refractivity contribution in [3.63, 3.8) is 0 Å². The standard InChI is InChI=1S/C25H22N2O3S/c1-16-12-13-18(17(2)14-16)23-15-20(19-8-4-5-9-21(19)26-23)25(28)27-22-10-6-7-11-24(22)31(3,29)30/h4-15H,1-3H3,(H,27,28). The van der Waals surface area contributed by atoms with Gasteiger partial charge in [-0.15, -0.1) is 0 Å². The highest BCUT2D eigenvalue weighted by atomic mass is 32.2. The van der Waals surface area contributed by atoms with Crippen molar-refractivity contribution in [2.75, 3.05) is 11.6 Å². The Morgan fingerprint density at radius 1 is 0.903 bits per heavy atom. The Balaban J connectivity index is 1.85. The predicted molar refractivity (Wildman–Crippen MR) is 124 cm³/mol. The number of amides is 1. The molecule has 4 rings (SSSR count). The molecule has 5 nitrogen and oxygen atoms in total. The lowest BCUT2D eigenvalue weighted by Gasteiger charge is -2.13. The van der Waals surface area contributed by atoms with E-state index in [2.05, 4.69) is 11.4 Å². The summed E-state index contributed by atoms with van der Waals surface area (Å²) in [5.74, 6) is -0.388. The number of pyridine rings is 1. The van der Waals surface area contributed by atoms with E-state index in [4.69, 9.17) is 4.98 Å². The Hall–Kier alpha value is -3.51. The Labute approximate surface area is 181 Å². The van der Waals surface area contributed by atoms with Crippen LogP contribution in [0.5, 0.6) is 0 Å². The maximum absolute atomic E-state index is 13.3. The highest BCUT2D eigenvalue weighted by molar-refractivity contribution is 7.90. The van der Waals surface area contributed by atoms with Gasteiger partial charge in [0, 0.05) is 17.2 Å². The fourth-order valence-corrected chi connectivity index (χ4v) is 4.53. The number of aryl methyl sites for hydroxylation is 2. The van der Waals surface area contributed by atoms with E-state index in [-0.39, 0.29) is 16.5 Å². The number of rotatable bonds is 4. The quantitative estimate of drug-likeness (QED) is 0.484. The van der Waals surface area contributed by atoms with Crippen LogP contribution in [-0.4, -0.2) is 25.6 Å². The number of hydrogen-bond donors (Lipinski definition) is 1. The van der Waals surface area contributed by atoms with Crippen molar-refractivity contribution in [3.8, 4) is 11.3 Å². The largest absolute Gasteiger partial charge is 0.321 e. The summed E-state index contributed by atoms with van der Waals surface area (Å²) in [7, 11) is -3.49. The summed E-state index contributed by atoms with van der Waals surface area (Å²) < 4.78 is 24.3. The maximum Gasteiger partial charge on any atom is 0.256 e. The van der Waals surface area contributed by atoms with Gasteiger partial charge in [-0.25, -0.2) is 13.4 Å². The van der Waals surface area contributed by atoms with Gasteiger partial charge in [-0.1, -0.05) is 54.1 Å². The molecule has 1 N–H and O–H groups in total. The van der Waals surface area contributed by atoms with Gasteiger partial charge in [-0.3, -0.25) is 4.79 Å². The van der Waals surface area contributed by atoms with Crippen LogP contribution in [0.2, 0.25) is 0 Å². The molecule has 4 aromatic rings. The van der Waals surface area contributed by atoms with E-state index < -0.39 is 9.84 Å². The van der Waals surface area contributed by atoms with Crippen molar-refractivity contribution < 1.29 is 13.2 Å². The van der Waals surface area contributed by atoms with Crippen molar-refractivity contribution in [3.05, 3.63) is 89.5 Å². The monoisotopic (exact) mass is 430 g/mol. The van der Waals surface area contributed by atoms with E-state index in [9.17, 15) is 13.2 Å². The van der Waals surface area contributed by atoms with E-state index in [0.717, 1.165) is 22.9 Å². The topological polar surface area (TPSA) is 76.1 Å². The molecule has 1 amide bonds. The Bertz CT molecular complexity index is 1430. The van der Waals surface area contributed by atoms with Gasteiger partial charge in [-0.05, 0) is 43.7 Å². The van der Waals surface area contributed by atoms with Gasteiger partial charge in [0.1, 0.15) is 0 Å². The van der Waals surface area contributed by atoms with Gasteiger partial charge < -0.3 is 5.32 Å². The molecule has 0 aliphatic rings. The molecule has 6 heteroatoms. The van der Waals surface area contributed by atoms with Gasteiger partial charge >= 0.3 is 0 Å². The van der Waals surface area contributed by atoms with Crippen LogP contribution >= 0.6 is 0 Å².